The van der Waals surface area contributed by atoms with Crippen LogP contribution in [0, 0.1) is 11.2 Å². The molecule has 190 valence electrons. The smallest absolute Gasteiger partial charge is 0.258 e. The highest BCUT2D eigenvalue weighted by Crippen LogP contribution is 2.28. The molecule has 1 aromatic heterocycles. The van der Waals surface area contributed by atoms with Gasteiger partial charge < -0.3 is 10.6 Å². The van der Waals surface area contributed by atoms with Crippen LogP contribution in [0.25, 0.3) is 16.7 Å². The van der Waals surface area contributed by atoms with Crippen molar-refractivity contribution in [3.63, 3.8) is 0 Å². The molecule has 4 aromatic rings. The summed E-state index contributed by atoms with van der Waals surface area (Å²) in [6.07, 6.45) is 1.19. The Kier molecular flexibility index (Phi) is 7.50. The third-order valence-electron chi connectivity index (χ3n) is 5.57. The molecule has 0 radical (unpaired) electrons. The summed E-state index contributed by atoms with van der Waals surface area (Å²) in [5.74, 6) is -1.05. The molecule has 4 rings (SSSR count). The Morgan fingerprint density at radius 1 is 1.03 bits per heavy atom. The lowest BCUT2D eigenvalue weighted by Crippen LogP contribution is -2.26. The molecule has 2 amide bonds. The van der Waals surface area contributed by atoms with E-state index in [4.69, 9.17) is 4.98 Å². The van der Waals surface area contributed by atoms with E-state index in [9.17, 15) is 14.0 Å². The number of carbonyl (C=O) groups is 2. The quantitative estimate of drug-likeness (QED) is 0.272. The van der Waals surface area contributed by atoms with E-state index in [-0.39, 0.29) is 22.8 Å². The van der Waals surface area contributed by atoms with Crippen LogP contribution in [0.1, 0.15) is 36.7 Å². The SMILES string of the molecule is C=CC(=O)Nc1cccc(-n2c(NC(=O)c3cccc(F)c3)nc3cc(CNCC(C)(C)C)ccc32)c1. The summed E-state index contributed by atoms with van der Waals surface area (Å²) in [4.78, 5) is 29.5. The highest BCUT2D eigenvalue weighted by molar-refractivity contribution is 6.04. The zero-order chi connectivity index (χ0) is 26.6. The van der Waals surface area contributed by atoms with Crippen molar-refractivity contribution in [3.8, 4) is 5.69 Å². The second kappa shape index (κ2) is 10.8. The fourth-order valence-electron chi connectivity index (χ4n) is 3.88. The molecule has 3 aromatic carbocycles. The Balaban J connectivity index is 1.74. The largest absolute Gasteiger partial charge is 0.322 e. The maximum atomic E-state index is 13.7. The fourth-order valence-corrected chi connectivity index (χ4v) is 3.88. The van der Waals surface area contributed by atoms with Crippen molar-refractivity contribution >= 4 is 34.5 Å². The average molecular weight is 500 g/mol. The monoisotopic (exact) mass is 499 g/mol. The molecule has 0 spiro atoms. The molecule has 0 bridgehead atoms. The number of nitrogens with one attached hydrogen (secondary N) is 3. The summed E-state index contributed by atoms with van der Waals surface area (Å²) in [6.45, 7) is 11.5. The van der Waals surface area contributed by atoms with Gasteiger partial charge in [0.05, 0.1) is 16.7 Å². The standard InChI is InChI=1S/C29H30FN5O2/c1-5-26(36)32-22-10-7-11-23(16-22)35-25-13-12-19(17-31-18-29(2,3)4)14-24(25)33-28(35)34-27(37)20-8-6-9-21(30)15-20/h5-16,31H,1,17-18H2,2-4H3,(H,32,36)(H,33,34,37). The Morgan fingerprint density at radius 2 is 1.81 bits per heavy atom. The van der Waals surface area contributed by atoms with Crippen LogP contribution in [0.15, 0.2) is 79.4 Å². The lowest BCUT2D eigenvalue weighted by atomic mass is 9.97. The molecule has 0 fully saturated rings. The molecule has 7 nitrogen and oxygen atoms in total. The van der Waals surface area contributed by atoms with Gasteiger partial charge in [-0.2, -0.15) is 0 Å². The van der Waals surface area contributed by atoms with E-state index < -0.39 is 11.7 Å². The van der Waals surface area contributed by atoms with Gasteiger partial charge in [0.25, 0.3) is 5.91 Å². The Hall–Kier alpha value is -4.30. The number of aromatic nitrogens is 2. The molecule has 8 heteroatoms. The summed E-state index contributed by atoms with van der Waals surface area (Å²) < 4.78 is 15.5. The van der Waals surface area contributed by atoms with Crippen molar-refractivity contribution in [2.75, 3.05) is 17.2 Å². The minimum atomic E-state index is -0.501. The predicted octanol–water partition coefficient (Wildman–Crippen LogP) is 5.68. The van der Waals surface area contributed by atoms with E-state index in [0.717, 1.165) is 17.6 Å². The van der Waals surface area contributed by atoms with Crippen LogP contribution in [-0.4, -0.2) is 27.9 Å². The van der Waals surface area contributed by atoms with Crippen molar-refractivity contribution in [1.82, 2.24) is 14.9 Å². The van der Waals surface area contributed by atoms with E-state index in [1.54, 1.807) is 22.8 Å². The molecular weight excluding hydrogens is 469 g/mol. The average Bonchev–Trinajstić information content (AvgIpc) is 3.20. The highest BCUT2D eigenvalue weighted by Gasteiger charge is 2.17. The molecule has 0 unspecified atom stereocenters. The number of fused-ring (bicyclic) bond motifs is 1. The molecule has 37 heavy (non-hydrogen) atoms. The van der Waals surface area contributed by atoms with Gasteiger partial charge >= 0.3 is 0 Å². The predicted molar refractivity (Wildman–Crippen MR) is 145 cm³/mol. The number of benzene rings is 3. The Labute approximate surface area is 215 Å². The van der Waals surface area contributed by atoms with Crippen molar-refractivity contribution in [2.24, 2.45) is 5.41 Å². The van der Waals surface area contributed by atoms with Crippen LogP contribution >= 0.6 is 0 Å². The first-order chi connectivity index (χ1) is 17.6. The minimum Gasteiger partial charge on any atom is -0.322 e. The number of nitrogens with zero attached hydrogens (tertiary/aromatic N) is 2. The normalized spacial score (nSPS) is 11.4. The number of imidazole rings is 1. The number of rotatable bonds is 8. The second-order valence-corrected chi connectivity index (χ2v) is 9.97. The first kappa shape index (κ1) is 25.8. The minimum absolute atomic E-state index is 0.159. The van der Waals surface area contributed by atoms with Crippen LogP contribution in [0.4, 0.5) is 16.0 Å². The molecule has 0 saturated heterocycles. The second-order valence-electron chi connectivity index (χ2n) is 9.97. The zero-order valence-corrected chi connectivity index (χ0v) is 21.1. The molecular formula is C29H30FN5O2. The van der Waals surface area contributed by atoms with Gasteiger partial charge in [-0.05, 0) is 65.6 Å². The van der Waals surface area contributed by atoms with E-state index in [1.807, 2.05) is 24.3 Å². The van der Waals surface area contributed by atoms with Gasteiger partial charge in [-0.15, -0.1) is 0 Å². The van der Waals surface area contributed by atoms with Crippen LogP contribution in [-0.2, 0) is 11.3 Å². The number of carbonyl (C=O) groups excluding carboxylic acids is 2. The van der Waals surface area contributed by atoms with Gasteiger partial charge in [0, 0.05) is 24.3 Å². The van der Waals surface area contributed by atoms with E-state index in [0.29, 0.717) is 23.4 Å². The van der Waals surface area contributed by atoms with Crippen molar-refractivity contribution in [3.05, 3.63) is 96.3 Å². The number of amides is 2. The maximum absolute atomic E-state index is 13.7. The molecule has 0 aliphatic rings. The van der Waals surface area contributed by atoms with Crippen LogP contribution in [0.3, 0.4) is 0 Å². The van der Waals surface area contributed by atoms with Gasteiger partial charge in [-0.3, -0.25) is 19.5 Å². The van der Waals surface area contributed by atoms with Gasteiger partial charge in [-0.1, -0.05) is 45.5 Å². The van der Waals surface area contributed by atoms with Crippen LogP contribution in [0.2, 0.25) is 0 Å². The van der Waals surface area contributed by atoms with Crippen LogP contribution < -0.4 is 16.0 Å². The van der Waals surface area contributed by atoms with Crippen molar-refractivity contribution in [1.29, 1.82) is 0 Å². The van der Waals surface area contributed by atoms with E-state index >= 15 is 0 Å². The van der Waals surface area contributed by atoms with Crippen molar-refractivity contribution < 1.29 is 14.0 Å². The number of anilines is 2. The number of hydrogen-bond acceptors (Lipinski definition) is 4. The number of hydrogen-bond donors (Lipinski definition) is 3. The lowest BCUT2D eigenvalue weighted by molar-refractivity contribution is -0.111. The molecule has 0 saturated carbocycles. The molecule has 0 aliphatic heterocycles. The molecule has 0 aliphatic carbocycles. The van der Waals surface area contributed by atoms with Gasteiger partial charge in [0.1, 0.15) is 5.82 Å². The first-order valence-corrected chi connectivity index (χ1v) is 12.0. The third-order valence-corrected chi connectivity index (χ3v) is 5.57. The molecule has 3 N–H and O–H groups in total. The van der Waals surface area contributed by atoms with E-state index in [2.05, 4.69) is 43.3 Å². The maximum Gasteiger partial charge on any atom is 0.258 e. The topological polar surface area (TPSA) is 88.1 Å². The zero-order valence-electron chi connectivity index (χ0n) is 21.1. The lowest BCUT2D eigenvalue weighted by Gasteiger charge is -2.18. The summed E-state index contributed by atoms with van der Waals surface area (Å²) >= 11 is 0. The van der Waals surface area contributed by atoms with Gasteiger partial charge in [0.15, 0.2) is 0 Å². The van der Waals surface area contributed by atoms with Gasteiger partial charge in [-0.25, -0.2) is 9.37 Å². The summed E-state index contributed by atoms with van der Waals surface area (Å²) in [6, 6.07) is 18.6. The van der Waals surface area contributed by atoms with Crippen LogP contribution in [0.5, 0.6) is 0 Å². The fraction of sp³-hybridized carbons (Fsp3) is 0.207. The number of halogens is 1. The first-order valence-electron chi connectivity index (χ1n) is 12.0. The molecule has 1 heterocycles. The third kappa shape index (κ3) is 6.48. The van der Waals surface area contributed by atoms with Gasteiger partial charge in [0.2, 0.25) is 11.9 Å². The Morgan fingerprint density at radius 3 is 2.54 bits per heavy atom. The van der Waals surface area contributed by atoms with Crippen molar-refractivity contribution in [2.45, 2.75) is 27.3 Å². The summed E-state index contributed by atoms with van der Waals surface area (Å²) in [5, 5.41) is 9.04. The summed E-state index contributed by atoms with van der Waals surface area (Å²) in [5.41, 5.74) is 4.08. The molecule has 0 atom stereocenters. The highest BCUT2D eigenvalue weighted by atomic mass is 19.1. The van der Waals surface area contributed by atoms with E-state index in [1.165, 1.54) is 30.3 Å². The summed E-state index contributed by atoms with van der Waals surface area (Å²) in [7, 11) is 0. The Bertz CT molecular complexity index is 1470.